The van der Waals surface area contributed by atoms with Gasteiger partial charge in [-0.3, -0.25) is 0 Å². The summed E-state index contributed by atoms with van der Waals surface area (Å²) < 4.78 is 20.2. The van der Waals surface area contributed by atoms with Crippen LogP contribution in [0.3, 0.4) is 0 Å². The average molecular weight is 338 g/mol. The van der Waals surface area contributed by atoms with Gasteiger partial charge >= 0.3 is 11.9 Å². The number of benzene rings is 1. The van der Waals surface area contributed by atoms with Crippen molar-refractivity contribution in [2.45, 2.75) is 0 Å². The lowest BCUT2D eigenvalue weighted by atomic mass is 9.94. The summed E-state index contributed by atoms with van der Waals surface area (Å²) in [6.45, 7) is 0. The van der Waals surface area contributed by atoms with E-state index >= 15 is 0 Å². The van der Waals surface area contributed by atoms with Crippen LogP contribution in [-0.2, 0) is 0 Å². The van der Waals surface area contributed by atoms with Crippen molar-refractivity contribution in [3.63, 3.8) is 0 Å². The number of esters is 2. The Morgan fingerprint density at radius 2 is 1.28 bits per heavy atom. The van der Waals surface area contributed by atoms with Crippen LogP contribution in [-0.4, -0.2) is 25.5 Å². The second-order valence-corrected chi connectivity index (χ2v) is 4.98. The third kappa shape index (κ3) is 3.87. The predicted molar refractivity (Wildman–Crippen MR) is 86.6 cm³/mol. The zero-order valence-corrected chi connectivity index (χ0v) is 13.1. The first-order chi connectivity index (χ1) is 12.0. The van der Waals surface area contributed by atoms with Crippen LogP contribution in [0, 0.1) is 0 Å². The van der Waals surface area contributed by atoms with Gasteiger partial charge in [-0.15, -0.1) is 0 Å². The van der Waals surface area contributed by atoms with Crippen molar-refractivity contribution < 1.29 is 32.7 Å². The van der Waals surface area contributed by atoms with Crippen molar-refractivity contribution >= 4 is 25.5 Å². The van der Waals surface area contributed by atoms with Gasteiger partial charge in [-0.25, -0.2) is 9.59 Å². The van der Waals surface area contributed by atoms with Gasteiger partial charge in [-0.1, -0.05) is 0 Å². The van der Waals surface area contributed by atoms with E-state index in [9.17, 15) is 14.4 Å². The summed E-state index contributed by atoms with van der Waals surface area (Å²) in [6, 6.07) is 10.0. The second kappa shape index (κ2) is 6.92. The van der Waals surface area contributed by atoms with Crippen LogP contribution >= 0.6 is 0 Å². The Bertz CT molecular complexity index is 844. The molecule has 2 heterocycles. The molecule has 0 atom stereocenters. The third-order valence-corrected chi connectivity index (χ3v) is 3.15. The first-order valence-electron chi connectivity index (χ1n) is 7.20. The van der Waals surface area contributed by atoms with Gasteiger partial charge in [0.1, 0.15) is 17.2 Å². The molecule has 2 aromatic heterocycles. The molecular weight excluding hydrogens is 327 g/mol. The summed E-state index contributed by atoms with van der Waals surface area (Å²) in [6.07, 6.45) is 2.66. The molecule has 0 radical (unpaired) electrons. The zero-order valence-electron chi connectivity index (χ0n) is 13.1. The standard InChI is InChI=1S/C17H11BO7/c18-15(19)10-7-11(24-16(20)13-3-1-5-22-13)9-12(8-10)25-17(21)14-4-2-6-23-14/h1-9H,18H2. The van der Waals surface area contributed by atoms with Gasteiger partial charge in [0.25, 0.3) is 0 Å². The summed E-state index contributed by atoms with van der Waals surface area (Å²) in [7, 11) is 1.34. The van der Waals surface area contributed by atoms with Gasteiger partial charge in [0, 0.05) is 11.6 Å². The zero-order chi connectivity index (χ0) is 17.8. The smallest absolute Gasteiger partial charge is 0.379 e. The molecule has 0 saturated heterocycles. The van der Waals surface area contributed by atoms with Crippen molar-refractivity contribution in [1.82, 2.24) is 0 Å². The van der Waals surface area contributed by atoms with Crippen LogP contribution in [0.1, 0.15) is 31.5 Å². The highest BCUT2D eigenvalue weighted by molar-refractivity contribution is 6.62. The molecule has 7 nitrogen and oxygen atoms in total. The van der Waals surface area contributed by atoms with Crippen molar-refractivity contribution in [2.24, 2.45) is 0 Å². The lowest BCUT2D eigenvalue weighted by Crippen LogP contribution is -2.11. The molecule has 124 valence electrons. The Kier molecular flexibility index (Phi) is 4.51. The first-order valence-corrected chi connectivity index (χ1v) is 7.20. The van der Waals surface area contributed by atoms with E-state index in [-0.39, 0.29) is 34.3 Å². The fourth-order valence-electron chi connectivity index (χ4n) is 2.00. The maximum Gasteiger partial charge on any atom is 0.379 e. The molecule has 0 saturated carbocycles. The molecule has 8 heteroatoms. The molecule has 0 aliphatic heterocycles. The minimum atomic E-state index is -0.742. The number of rotatable bonds is 5. The number of carbonyl (C=O) groups is 3. The molecular formula is C17H11BO7. The lowest BCUT2D eigenvalue weighted by molar-refractivity contribution is 0.0697. The number of hydrogen-bond donors (Lipinski definition) is 0. The Hall–Kier alpha value is -3.55. The second-order valence-electron chi connectivity index (χ2n) is 4.98. The van der Waals surface area contributed by atoms with E-state index in [1.54, 1.807) is 12.1 Å². The van der Waals surface area contributed by atoms with Gasteiger partial charge in [0.15, 0.2) is 7.85 Å². The molecule has 1 aromatic carbocycles. The van der Waals surface area contributed by atoms with E-state index in [2.05, 4.69) is 0 Å². The highest BCUT2D eigenvalue weighted by Crippen LogP contribution is 2.25. The fourth-order valence-corrected chi connectivity index (χ4v) is 2.00. The Balaban J connectivity index is 1.85. The monoisotopic (exact) mass is 338 g/mol. The van der Waals surface area contributed by atoms with E-state index in [0.717, 1.165) is 0 Å². The normalized spacial score (nSPS) is 10.2. The maximum atomic E-state index is 12.0. The Morgan fingerprint density at radius 3 is 1.64 bits per heavy atom. The first kappa shape index (κ1) is 16.3. The average Bonchev–Trinajstić information content (AvgIpc) is 3.28. The molecule has 0 bridgehead atoms. The number of furan rings is 2. The van der Waals surface area contributed by atoms with E-state index in [4.69, 9.17) is 18.3 Å². The SMILES string of the molecule is BC(=O)c1cc(OC(=O)c2ccco2)cc(OC(=O)c2ccco2)c1. The molecule has 0 spiro atoms. The van der Waals surface area contributed by atoms with E-state index < -0.39 is 11.9 Å². The van der Waals surface area contributed by atoms with Gasteiger partial charge in [-0.05, 0) is 36.4 Å². The molecule has 3 rings (SSSR count). The molecule has 0 N–H and O–H groups in total. The highest BCUT2D eigenvalue weighted by atomic mass is 16.6. The van der Waals surface area contributed by atoms with Crippen molar-refractivity contribution in [3.8, 4) is 11.5 Å². The van der Waals surface area contributed by atoms with Crippen LogP contribution < -0.4 is 9.47 Å². The molecule has 25 heavy (non-hydrogen) atoms. The molecule has 0 unspecified atom stereocenters. The molecule has 0 amide bonds. The van der Waals surface area contributed by atoms with E-state index in [0.29, 0.717) is 0 Å². The number of carbonyl (C=O) groups excluding carboxylic acids is 3. The summed E-state index contributed by atoms with van der Waals surface area (Å²) in [5, 5.41) is 0. The fraction of sp³-hybridized carbons (Fsp3) is 0. The Labute approximate surface area is 142 Å². The van der Waals surface area contributed by atoms with E-state index in [1.807, 2.05) is 0 Å². The maximum absolute atomic E-state index is 12.0. The quantitative estimate of drug-likeness (QED) is 0.399. The van der Waals surface area contributed by atoms with Crippen LogP contribution in [0.2, 0.25) is 0 Å². The molecule has 0 aliphatic carbocycles. The minimum Gasteiger partial charge on any atom is -0.457 e. The molecule has 3 aromatic rings. The minimum absolute atomic E-state index is 0.00218. The summed E-state index contributed by atoms with van der Waals surface area (Å²) in [5.74, 6) is -1.40. The van der Waals surface area contributed by atoms with Gasteiger partial charge in [-0.2, -0.15) is 0 Å². The number of hydrogen-bond acceptors (Lipinski definition) is 7. The van der Waals surface area contributed by atoms with Gasteiger partial charge in [0.05, 0.1) is 12.5 Å². The Morgan fingerprint density at radius 1 is 0.800 bits per heavy atom. The largest absolute Gasteiger partial charge is 0.457 e. The van der Waals surface area contributed by atoms with E-state index in [1.165, 1.54) is 50.7 Å². The van der Waals surface area contributed by atoms with Crippen LogP contribution in [0.5, 0.6) is 11.5 Å². The summed E-state index contributed by atoms with van der Waals surface area (Å²) >= 11 is 0. The van der Waals surface area contributed by atoms with Gasteiger partial charge < -0.3 is 23.1 Å². The number of ether oxygens (including phenoxy) is 2. The van der Waals surface area contributed by atoms with Crippen molar-refractivity contribution in [3.05, 3.63) is 72.1 Å². The summed E-state index contributed by atoms with van der Waals surface area (Å²) in [5.41, 5.74) is -0.0711. The molecule has 0 aliphatic rings. The van der Waals surface area contributed by atoms with Crippen LogP contribution in [0.15, 0.2) is 63.8 Å². The highest BCUT2D eigenvalue weighted by Gasteiger charge is 2.17. The van der Waals surface area contributed by atoms with Crippen molar-refractivity contribution in [2.75, 3.05) is 0 Å². The predicted octanol–water partition coefficient (Wildman–Crippen LogP) is 2.08. The van der Waals surface area contributed by atoms with Crippen LogP contribution in [0.25, 0.3) is 0 Å². The van der Waals surface area contributed by atoms with Crippen molar-refractivity contribution in [1.29, 1.82) is 0 Å². The molecule has 0 fully saturated rings. The topological polar surface area (TPSA) is 96.0 Å². The lowest BCUT2D eigenvalue weighted by Gasteiger charge is -2.08. The summed E-state index contributed by atoms with van der Waals surface area (Å²) in [4.78, 5) is 35.6. The third-order valence-electron chi connectivity index (χ3n) is 3.15. The van der Waals surface area contributed by atoms with Crippen LogP contribution in [0.4, 0.5) is 0 Å². The van der Waals surface area contributed by atoms with Gasteiger partial charge in [0.2, 0.25) is 11.5 Å².